The van der Waals surface area contributed by atoms with Crippen LogP contribution in [0.1, 0.15) is 48.5 Å². The average Bonchev–Trinajstić information content (AvgIpc) is 3.48. The zero-order valence-electron chi connectivity index (χ0n) is 19.5. The number of nitrogens with one attached hydrogen (secondary N) is 1. The molecule has 1 aliphatic rings. The van der Waals surface area contributed by atoms with Gasteiger partial charge in [-0.2, -0.15) is 20.7 Å². The molecule has 0 spiro atoms. The molecule has 1 aromatic carbocycles. The number of nitrogens with zero attached hydrogens (tertiary/aromatic N) is 6. The van der Waals surface area contributed by atoms with Gasteiger partial charge in [-0.25, -0.2) is 8.91 Å². The van der Waals surface area contributed by atoms with Gasteiger partial charge in [0.25, 0.3) is 0 Å². The van der Waals surface area contributed by atoms with E-state index in [-0.39, 0.29) is 5.56 Å². The predicted octanol–water partition coefficient (Wildman–Crippen LogP) is 5.24. The van der Waals surface area contributed by atoms with E-state index in [9.17, 15) is 14.9 Å². The van der Waals surface area contributed by atoms with Gasteiger partial charge in [-0.1, -0.05) is 11.8 Å². The normalized spacial score (nSPS) is 17.9. The lowest BCUT2D eigenvalue weighted by Crippen LogP contribution is -2.31. The molecule has 3 aromatic heterocycles. The Bertz CT molecular complexity index is 1480. The number of hydrogen-bond donors (Lipinski definition) is 1. The Hall–Kier alpha value is -3.66. The van der Waals surface area contributed by atoms with Gasteiger partial charge < -0.3 is 5.32 Å². The summed E-state index contributed by atoms with van der Waals surface area (Å²) in [5.41, 5.74) is 4.34. The van der Waals surface area contributed by atoms with E-state index in [0.29, 0.717) is 28.1 Å². The van der Waals surface area contributed by atoms with Crippen molar-refractivity contribution in [1.29, 1.82) is 10.5 Å². The van der Waals surface area contributed by atoms with Crippen LogP contribution in [0, 0.1) is 35.4 Å². The first-order valence-corrected chi connectivity index (χ1v) is 12.3. The highest BCUT2D eigenvalue weighted by Gasteiger charge is 2.24. The van der Waals surface area contributed by atoms with E-state index in [2.05, 4.69) is 34.2 Å². The van der Waals surface area contributed by atoms with E-state index in [0.717, 1.165) is 47.4 Å². The van der Waals surface area contributed by atoms with Crippen molar-refractivity contribution in [1.82, 2.24) is 24.7 Å². The van der Waals surface area contributed by atoms with Crippen molar-refractivity contribution in [3.05, 3.63) is 65.5 Å². The number of halogens is 1. The van der Waals surface area contributed by atoms with Crippen molar-refractivity contribution in [3.8, 4) is 23.3 Å². The molecule has 0 saturated heterocycles. The molecule has 0 aliphatic heterocycles. The summed E-state index contributed by atoms with van der Waals surface area (Å²) in [6, 6.07) is 11.4. The quantitative estimate of drug-likeness (QED) is 0.415. The standard InChI is InChI=1S/C26H24FN7S/c1-16-23(14-32-34(16)22-6-4-21(30-2)5-7-22)18-10-25(26-19(12-29)13-31-33(26)15-18)35-24-8-3-20(27)9-17(24)11-28/h3,8-10,13-15,21-22,30H,4-7H2,1-2H3/t21-,22+. The lowest BCUT2D eigenvalue weighted by molar-refractivity contribution is 0.281. The Morgan fingerprint density at radius 3 is 2.51 bits per heavy atom. The van der Waals surface area contributed by atoms with Gasteiger partial charge in [0.1, 0.15) is 18.0 Å². The highest BCUT2D eigenvalue weighted by Crippen LogP contribution is 2.38. The third-order valence-electron chi connectivity index (χ3n) is 6.79. The van der Waals surface area contributed by atoms with E-state index >= 15 is 0 Å². The number of aromatic nitrogens is 4. The lowest BCUT2D eigenvalue weighted by atomic mass is 9.91. The number of hydrogen-bond acceptors (Lipinski definition) is 6. The monoisotopic (exact) mass is 485 g/mol. The van der Waals surface area contributed by atoms with Crippen LogP contribution in [0.4, 0.5) is 4.39 Å². The summed E-state index contributed by atoms with van der Waals surface area (Å²) in [6.45, 7) is 2.08. The maximum atomic E-state index is 13.7. The summed E-state index contributed by atoms with van der Waals surface area (Å²) < 4.78 is 17.5. The van der Waals surface area contributed by atoms with Crippen LogP contribution in [0.2, 0.25) is 0 Å². The smallest absolute Gasteiger partial charge is 0.124 e. The van der Waals surface area contributed by atoms with Gasteiger partial charge in [-0.3, -0.25) is 4.68 Å². The van der Waals surface area contributed by atoms with Gasteiger partial charge in [0.2, 0.25) is 0 Å². The molecule has 0 bridgehead atoms. The molecule has 1 fully saturated rings. The maximum absolute atomic E-state index is 13.7. The van der Waals surface area contributed by atoms with Crippen molar-refractivity contribution >= 4 is 17.3 Å². The molecular formula is C26H24FN7S. The van der Waals surface area contributed by atoms with Crippen molar-refractivity contribution in [2.24, 2.45) is 0 Å². The van der Waals surface area contributed by atoms with Gasteiger partial charge in [-0.15, -0.1) is 0 Å². The topological polar surface area (TPSA) is 94.7 Å². The van der Waals surface area contributed by atoms with Crippen LogP contribution in [0.25, 0.3) is 16.6 Å². The highest BCUT2D eigenvalue weighted by molar-refractivity contribution is 7.99. The first-order valence-electron chi connectivity index (χ1n) is 11.5. The summed E-state index contributed by atoms with van der Waals surface area (Å²) in [5, 5.41) is 31.7. The SMILES string of the molecule is CN[C@H]1CC[C@@H](n2ncc(-c3cc(Sc4ccc(F)cc4C#N)c4c(C#N)cnn4c3)c2C)CC1. The van der Waals surface area contributed by atoms with Crippen LogP contribution >= 0.6 is 11.8 Å². The van der Waals surface area contributed by atoms with Crippen molar-refractivity contribution < 1.29 is 4.39 Å². The Morgan fingerprint density at radius 1 is 1.03 bits per heavy atom. The fourth-order valence-electron chi connectivity index (χ4n) is 4.87. The molecule has 0 amide bonds. The minimum atomic E-state index is -0.460. The molecule has 3 heterocycles. The molecule has 176 valence electrons. The summed E-state index contributed by atoms with van der Waals surface area (Å²) in [6.07, 6.45) is 9.76. The van der Waals surface area contributed by atoms with Crippen LogP contribution in [-0.2, 0) is 0 Å². The fourth-order valence-corrected chi connectivity index (χ4v) is 5.95. The number of rotatable bonds is 5. The second-order valence-corrected chi connectivity index (χ2v) is 9.88. The van der Waals surface area contributed by atoms with E-state index < -0.39 is 5.82 Å². The second kappa shape index (κ2) is 9.53. The number of benzene rings is 1. The lowest BCUT2D eigenvalue weighted by Gasteiger charge is -2.29. The number of fused-ring (bicyclic) bond motifs is 1. The molecule has 35 heavy (non-hydrogen) atoms. The molecule has 0 unspecified atom stereocenters. The third-order valence-corrected chi connectivity index (χ3v) is 7.89. The minimum absolute atomic E-state index is 0.248. The first kappa shape index (κ1) is 23.1. The van der Waals surface area contributed by atoms with Crippen LogP contribution in [-0.4, -0.2) is 32.5 Å². The molecule has 1 aliphatic carbocycles. The number of nitriles is 2. The average molecular weight is 486 g/mol. The van der Waals surface area contributed by atoms with E-state index in [1.54, 1.807) is 10.6 Å². The van der Waals surface area contributed by atoms with Crippen molar-refractivity contribution in [2.75, 3.05) is 7.05 Å². The molecule has 0 atom stereocenters. The van der Waals surface area contributed by atoms with Gasteiger partial charge in [-0.05, 0) is 63.9 Å². The maximum Gasteiger partial charge on any atom is 0.124 e. The largest absolute Gasteiger partial charge is 0.317 e. The van der Waals surface area contributed by atoms with E-state index in [4.69, 9.17) is 5.10 Å². The van der Waals surface area contributed by atoms with Crippen molar-refractivity contribution in [2.45, 2.75) is 54.5 Å². The zero-order chi connectivity index (χ0) is 24.5. The second-order valence-electron chi connectivity index (χ2n) is 8.79. The van der Waals surface area contributed by atoms with Crippen LogP contribution in [0.5, 0.6) is 0 Å². The molecule has 1 N–H and O–H groups in total. The molecule has 5 rings (SSSR count). The molecule has 4 aromatic rings. The summed E-state index contributed by atoms with van der Waals surface area (Å²) in [4.78, 5) is 1.38. The Kier molecular flexibility index (Phi) is 6.29. The number of pyridine rings is 1. The first-order chi connectivity index (χ1) is 17.0. The Balaban J connectivity index is 1.56. The van der Waals surface area contributed by atoms with Gasteiger partial charge in [0.05, 0.1) is 35.1 Å². The molecular weight excluding hydrogens is 461 g/mol. The zero-order valence-corrected chi connectivity index (χ0v) is 20.3. The Morgan fingerprint density at radius 2 is 1.80 bits per heavy atom. The van der Waals surface area contributed by atoms with Gasteiger partial charge >= 0.3 is 0 Å². The molecule has 9 heteroatoms. The summed E-state index contributed by atoms with van der Waals surface area (Å²) in [5.74, 6) is -0.460. The highest BCUT2D eigenvalue weighted by atomic mass is 32.2. The summed E-state index contributed by atoms with van der Waals surface area (Å²) in [7, 11) is 2.02. The summed E-state index contributed by atoms with van der Waals surface area (Å²) >= 11 is 1.33. The van der Waals surface area contributed by atoms with Gasteiger partial charge in [0.15, 0.2) is 0 Å². The third kappa shape index (κ3) is 4.29. The van der Waals surface area contributed by atoms with Crippen molar-refractivity contribution in [3.63, 3.8) is 0 Å². The van der Waals surface area contributed by atoms with Crippen LogP contribution in [0.3, 0.4) is 0 Å². The van der Waals surface area contributed by atoms with E-state index in [1.165, 1.54) is 30.1 Å². The Labute approximate surface area is 207 Å². The fraction of sp³-hybridized carbons (Fsp3) is 0.308. The predicted molar refractivity (Wildman–Crippen MR) is 131 cm³/mol. The van der Waals surface area contributed by atoms with Crippen LogP contribution < -0.4 is 5.32 Å². The van der Waals surface area contributed by atoms with E-state index in [1.807, 2.05) is 25.5 Å². The molecule has 7 nitrogen and oxygen atoms in total. The van der Waals surface area contributed by atoms with Crippen LogP contribution in [0.15, 0.2) is 52.6 Å². The minimum Gasteiger partial charge on any atom is -0.317 e. The molecule has 0 radical (unpaired) electrons. The molecule has 1 saturated carbocycles. The van der Waals surface area contributed by atoms with Gasteiger partial charge in [0, 0.05) is 38.9 Å².